The molecule has 0 unspecified atom stereocenters. The number of aromatic nitrogens is 2. The molecule has 0 atom stereocenters. The molecule has 0 bridgehead atoms. The van der Waals surface area contributed by atoms with Crippen molar-refractivity contribution < 1.29 is 4.74 Å². The van der Waals surface area contributed by atoms with Gasteiger partial charge < -0.3 is 10.1 Å². The van der Waals surface area contributed by atoms with Crippen LogP contribution in [0, 0.1) is 0 Å². The summed E-state index contributed by atoms with van der Waals surface area (Å²) >= 11 is 0. The second-order valence-electron chi connectivity index (χ2n) is 2.84. The highest BCUT2D eigenvalue weighted by Crippen LogP contribution is 2.19. The first-order valence-corrected chi connectivity index (χ1v) is 3.97. The molecule has 1 aromatic heterocycles. The summed E-state index contributed by atoms with van der Waals surface area (Å²) < 4.78 is 5.00. The Kier molecular flexibility index (Phi) is 1.91. The lowest BCUT2D eigenvalue weighted by atomic mass is 9.99. The van der Waals surface area contributed by atoms with Crippen molar-refractivity contribution in [2.75, 3.05) is 20.2 Å². The van der Waals surface area contributed by atoms with Crippen LogP contribution in [0.1, 0.15) is 11.6 Å². The second-order valence-corrected chi connectivity index (χ2v) is 2.84. The van der Waals surface area contributed by atoms with Crippen molar-refractivity contribution in [1.82, 2.24) is 15.3 Å². The molecule has 1 N–H and O–H groups in total. The Balaban J connectivity index is 2.19. The molecule has 4 heteroatoms. The van der Waals surface area contributed by atoms with Gasteiger partial charge in [0, 0.05) is 25.1 Å². The van der Waals surface area contributed by atoms with E-state index in [1.54, 1.807) is 13.4 Å². The topological polar surface area (TPSA) is 47.0 Å². The number of methoxy groups -OCH3 is 1. The lowest BCUT2D eigenvalue weighted by Gasteiger charge is -2.26. The van der Waals surface area contributed by atoms with Gasteiger partial charge in [-0.05, 0) is 0 Å². The van der Waals surface area contributed by atoms with Crippen molar-refractivity contribution in [2.45, 2.75) is 5.92 Å². The van der Waals surface area contributed by atoms with E-state index >= 15 is 0 Å². The Morgan fingerprint density at radius 1 is 1.50 bits per heavy atom. The van der Waals surface area contributed by atoms with E-state index in [4.69, 9.17) is 4.74 Å². The molecule has 0 spiro atoms. The molecule has 64 valence electrons. The van der Waals surface area contributed by atoms with Crippen molar-refractivity contribution in [3.8, 4) is 5.88 Å². The molecular formula is C8H11N3O. The first kappa shape index (κ1) is 7.49. The Bertz CT molecular complexity index is 273. The first-order valence-electron chi connectivity index (χ1n) is 3.97. The van der Waals surface area contributed by atoms with Gasteiger partial charge in [0.15, 0.2) is 0 Å². The van der Waals surface area contributed by atoms with E-state index in [0.717, 1.165) is 18.8 Å². The average molecular weight is 165 g/mol. The summed E-state index contributed by atoms with van der Waals surface area (Å²) in [6, 6.07) is 1.89. The molecule has 1 aliphatic rings. The van der Waals surface area contributed by atoms with Crippen molar-refractivity contribution in [1.29, 1.82) is 0 Å². The van der Waals surface area contributed by atoms with Gasteiger partial charge in [-0.1, -0.05) is 0 Å². The minimum Gasteiger partial charge on any atom is -0.481 e. The molecule has 1 aliphatic heterocycles. The van der Waals surface area contributed by atoms with E-state index in [1.807, 2.05) is 6.07 Å². The van der Waals surface area contributed by atoms with E-state index in [1.165, 1.54) is 0 Å². The van der Waals surface area contributed by atoms with Gasteiger partial charge in [0.1, 0.15) is 6.33 Å². The van der Waals surface area contributed by atoms with Crippen LogP contribution in [-0.4, -0.2) is 30.2 Å². The monoisotopic (exact) mass is 165 g/mol. The largest absolute Gasteiger partial charge is 0.481 e. The number of hydrogen-bond acceptors (Lipinski definition) is 4. The Labute approximate surface area is 71.0 Å². The highest BCUT2D eigenvalue weighted by Gasteiger charge is 2.20. The van der Waals surface area contributed by atoms with Gasteiger partial charge in [-0.15, -0.1) is 0 Å². The Hall–Kier alpha value is -1.16. The second kappa shape index (κ2) is 3.06. The van der Waals surface area contributed by atoms with Crippen LogP contribution in [0.25, 0.3) is 0 Å². The molecule has 0 aliphatic carbocycles. The van der Waals surface area contributed by atoms with Gasteiger partial charge >= 0.3 is 0 Å². The fourth-order valence-corrected chi connectivity index (χ4v) is 1.19. The summed E-state index contributed by atoms with van der Waals surface area (Å²) in [5.41, 5.74) is 1.07. The van der Waals surface area contributed by atoms with Crippen LogP contribution in [-0.2, 0) is 0 Å². The molecule has 12 heavy (non-hydrogen) atoms. The van der Waals surface area contributed by atoms with Crippen LogP contribution in [0.3, 0.4) is 0 Å². The number of nitrogens with zero attached hydrogens (tertiary/aromatic N) is 2. The summed E-state index contributed by atoms with van der Waals surface area (Å²) in [6.07, 6.45) is 1.55. The summed E-state index contributed by atoms with van der Waals surface area (Å²) in [6.45, 7) is 2.03. The van der Waals surface area contributed by atoms with E-state index in [9.17, 15) is 0 Å². The zero-order valence-corrected chi connectivity index (χ0v) is 6.95. The van der Waals surface area contributed by atoms with Crippen molar-refractivity contribution in [2.24, 2.45) is 0 Å². The fourth-order valence-electron chi connectivity index (χ4n) is 1.19. The molecule has 1 saturated heterocycles. The van der Waals surface area contributed by atoms with Gasteiger partial charge in [-0.3, -0.25) is 0 Å². The smallest absolute Gasteiger partial charge is 0.216 e. The Morgan fingerprint density at radius 3 is 2.92 bits per heavy atom. The highest BCUT2D eigenvalue weighted by atomic mass is 16.5. The molecule has 1 aromatic rings. The minimum absolute atomic E-state index is 0.543. The highest BCUT2D eigenvalue weighted by molar-refractivity contribution is 5.19. The molecule has 2 heterocycles. The average Bonchev–Trinajstić information content (AvgIpc) is 2.02. The number of rotatable bonds is 2. The van der Waals surface area contributed by atoms with Crippen molar-refractivity contribution >= 4 is 0 Å². The predicted molar refractivity (Wildman–Crippen MR) is 44.2 cm³/mol. The van der Waals surface area contributed by atoms with Gasteiger partial charge in [-0.25, -0.2) is 9.97 Å². The SMILES string of the molecule is COc1cc(C2CNC2)ncn1. The third-order valence-electron chi connectivity index (χ3n) is 2.07. The lowest BCUT2D eigenvalue weighted by molar-refractivity contribution is 0.390. The zero-order chi connectivity index (χ0) is 8.39. The molecule has 0 saturated carbocycles. The van der Waals surface area contributed by atoms with Crippen molar-refractivity contribution in [3.63, 3.8) is 0 Å². The van der Waals surface area contributed by atoms with E-state index in [2.05, 4.69) is 15.3 Å². The first-order chi connectivity index (χ1) is 5.90. The summed E-state index contributed by atoms with van der Waals surface area (Å²) in [5, 5.41) is 3.20. The lowest BCUT2D eigenvalue weighted by Crippen LogP contribution is -2.40. The number of ether oxygens (including phenoxy) is 1. The van der Waals surface area contributed by atoms with E-state index < -0.39 is 0 Å². The van der Waals surface area contributed by atoms with Gasteiger partial charge in [-0.2, -0.15) is 0 Å². The maximum Gasteiger partial charge on any atom is 0.216 e. The maximum atomic E-state index is 5.00. The molecule has 4 nitrogen and oxygen atoms in total. The van der Waals surface area contributed by atoms with Gasteiger partial charge in [0.2, 0.25) is 5.88 Å². The predicted octanol–water partition coefficient (Wildman–Crippen LogP) is 0.172. The normalized spacial score (nSPS) is 17.1. The van der Waals surface area contributed by atoms with Gasteiger partial charge in [0.05, 0.1) is 12.8 Å². The van der Waals surface area contributed by atoms with E-state index in [0.29, 0.717) is 11.8 Å². The standard InChI is InChI=1S/C8H11N3O/c1-12-8-2-7(10-5-11-8)6-3-9-4-6/h2,5-6,9H,3-4H2,1H3. The number of nitrogens with one attached hydrogen (secondary N) is 1. The summed E-state index contributed by atoms with van der Waals surface area (Å²) in [4.78, 5) is 8.12. The van der Waals surface area contributed by atoms with Crippen LogP contribution in [0.15, 0.2) is 12.4 Å². The Morgan fingerprint density at radius 2 is 2.33 bits per heavy atom. The molecule has 2 rings (SSSR count). The molecule has 0 amide bonds. The molecule has 0 radical (unpaired) electrons. The van der Waals surface area contributed by atoms with Crippen LogP contribution in [0.4, 0.5) is 0 Å². The number of hydrogen-bond donors (Lipinski definition) is 1. The third kappa shape index (κ3) is 1.25. The fraction of sp³-hybridized carbons (Fsp3) is 0.500. The quantitative estimate of drug-likeness (QED) is 0.678. The van der Waals surface area contributed by atoms with Crippen LogP contribution < -0.4 is 10.1 Å². The third-order valence-corrected chi connectivity index (χ3v) is 2.07. The zero-order valence-electron chi connectivity index (χ0n) is 6.95. The van der Waals surface area contributed by atoms with E-state index in [-0.39, 0.29) is 0 Å². The van der Waals surface area contributed by atoms with Gasteiger partial charge in [0.25, 0.3) is 0 Å². The molecule has 1 fully saturated rings. The summed E-state index contributed by atoms with van der Waals surface area (Å²) in [7, 11) is 1.62. The summed E-state index contributed by atoms with van der Waals surface area (Å²) in [5.74, 6) is 1.19. The molecule has 0 aromatic carbocycles. The molecular weight excluding hydrogens is 154 g/mol. The van der Waals surface area contributed by atoms with Crippen LogP contribution >= 0.6 is 0 Å². The maximum absolute atomic E-state index is 5.00. The van der Waals surface area contributed by atoms with Crippen LogP contribution in [0.2, 0.25) is 0 Å². The van der Waals surface area contributed by atoms with Crippen LogP contribution in [0.5, 0.6) is 5.88 Å². The minimum atomic E-state index is 0.543. The van der Waals surface area contributed by atoms with Crippen molar-refractivity contribution in [3.05, 3.63) is 18.1 Å².